The molecule has 0 bridgehead atoms. The van der Waals surface area contributed by atoms with Crippen molar-refractivity contribution in [2.45, 2.75) is 90.4 Å². The summed E-state index contributed by atoms with van der Waals surface area (Å²) in [6, 6.07) is 0. The zero-order valence-corrected chi connectivity index (χ0v) is 14.4. The van der Waals surface area contributed by atoms with Crippen molar-refractivity contribution in [3.05, 3.63) is 0 Å². The van der Waals surface area contributed by atoms with E-state index in [1.807, 2.05) is 0 Å². The van der Waals surface area contributed by atoms with Gasteiger partial charge in [-0.25, -0.2) is 0 Å². The number of nitrogens with one attached hydrogen (secondary N) is 1. The molecule has 0 atom stereocenters. The van der Waals surface area contributed by atoms with E-state index in [1.165, 1.54) is 44.9 Å². The van der Waals surface area contributed by atoms with E-state index in [2.05, 4.69) is 17.4 Å². The van der Waals surface area contributed by atoms with E-state index >= 15 is 0 Å². The molecule has 1 rings (SSSR count). The van der Waals surface area contributed by atoms with Gasteiger partial charge in [0, 0.05) is 19.4 Å². The quantitative estimate of drug-likeness (QED) is 0.610. The Hall–Kier alpha value is -1.06. The molecular formula is C18H34N2O2. The van der Waals surface area contributed by atoms with E-state index in [9.17, 15) is 4.79 Å². The first-order chi connectivity index (χ1) is 10.8. The van der Waals surface area contributed by atoms with Crippen molar-refractivity contribution in [2.24, 2.45) is 5.16 Å². The average Bonchev–Trinajstić information content (AvgIpc) is 2.52. The second kappa shape index (κ2) is 13.6. The summed E-state index contributed by atoms with van der Waals surface area (Å²) in [5, 5.41) is 7.31. The lowest BCUT2D eigenvalue weighted by atomic mass is 10.0. The van der Waals surface area contributed by atoms with Gasteiger partial charge in [0.05, 0.1) is 5.71 Å². The summed E-state index contributed by atoms with van der Waals surface area (Å²) >= 11 is 0. The third kappa shape index (κ3) is 10.6. The second-order valence-corrected chi connectivity index (χ2v) is 6.27. The van der Waals surface area contributed by atoms with Gasteiger partial charge >= 0.3 is 0 Å². The minimum Gasteiger partial charge on any atom is -0.396 e. The van der Waals surface area contributed by atoms with Crippen molar-refractivity contribution >= 4 is 11.6 Å². The van der Waals surface area contributed by atoms with Crippen LogP contribution in [0.25, 0.3) is 0 Å². The predicted octanol–water partition coefficient (Wildman–Crippen LogP) is 4.58. The number of hydrogen-bond donors (Lipinski definition) is 1. The zero-order chi connectivity index (χ0) is 15.9. The van der Waals surface area contributed by atoms with Crippen molar-refractivity contribution in [2.75, 3.05) is 13.2 Å². The summed E-state index contributed by atoms with van der Waals surface area (Å²) in [7, 11) is 0. The Labute approximate surface area is 136 Å². The maximum atomic E-state index is 11.7. The molecule has 4 heteroatoms. The Kier molecular flexibility index (Phi) is 11.7. The van der Waals surface area contributed by atoms with E-state index in [-0.39, 0.29) is 5.91 Å². The van der Waals surface area contributed by atoms with Gasteiger partial charge < -0.3 is 10.2 Å². The van der Waals surface area contributed by atoms with Gasteiger partial charge in [0.1, 0.15) is 6.61 Å². The van der Waals surface area contributed by atoms with Crippen molar-refractivity contribution in [3.63, 3.8) is 0 Å². The summed E-state index contributed by atoms with van der Waals surface area (Å²) in [5.41, 5.74) is 1.10. The highest BCUT2D eigenvalue weighted by Gasteiger charge is 2.05. The van der Waals surface area contributed by atoms with Crippen LogP contribution in [0.3, 0.4) is 0 Å². The van der Waals surface area contributed by atoms with E-state index in [0.717, 1.165) is 37.8 Å². The number of unbranched alkanes of at least 4 members (excludes halogenated alkanes) is 1. The molecule has 0 unspecified atom stereocenters. The molecule has 1 heterocycles. The Morgan fingerprint density at radius 2 is 1.59 bits per heavy atom. The number of carbonyl (C=O) groups excluding carboxylic acids is 1. The van der Waals surface area contributed by atoms with Crippen LogP contribution in [0.2, 0.25) is 0 Å². The second-order valence-electron chi connectivity index (χ2n) is 6.27. The maximum absolute atomic E-state index is 11.7. The van der Waals surface area contributed by atoms with Gasteiger partial charge in [0.2, 0.25) is 5.91 Å². The fraction of sp³-hybridized carbons (Fsp3) is 0.889. The number of rotatable bonds is 4. The third-order valence-corrected chi connectivity index (χ3v) is 4.14. The van der Waals surface area contributed by atoms with Crippen LogP contribution in [0, 0.1) is 0 Å². The molecule has 1 aliphatic heterocycles. The van der Waals surface area contributed by atoms with Crippen LogP contribution in [0.1, 0.15) is 90.4 Å². The molecule has 1 fully saturated rings. The molecule has 4 nitrogen and oxygen atoms in total. The Morgan fingerprint density at radius 1 is 0.955 bits per heavy atom. The number of nitrogens with zero attached hydrogens (tertiary/aromatic N) is 1. The van der Waals surface area contributed by atoms with E-state index < -0.39 is 0 Å². The van der Waals surface area contributed by atoms with Crippen molar-refractivity contribution in [3.8, 4) is 0 Å². The van der Waals surface area contributed by atoms with Gasteiger partial charge in [-0.15, -0.1) is 0 Å². The molecule has 0 aromatic rings. The van der Waals surface area contributed by atoms with Gasteiger partial charge in [0.15, 0.2) is 0 Å². The summed E-state index contributed by atoms with van der Waals surface area (Å²) < 4.78 is 0. The SMILES string of the molecule is CCCCO/N=C1\CCCCCCCCCCC(=O)NCC1. The van der Waals surface area contributed by atoms with E-state index in [1.54, 1.807) is 0 Å². The molecular weight excluding hydrogens is 276 g/mol. The highest BCUT2D eigenvalue weighted by atomic mass is 16.6. The van der Waals surface area contributed by atoms with Gasteiger partial charge in [0.25, 0.3) is 0 Å². The van der Waals surface area contributed by atoms with Gasteiger partial charge in [-0.2, -0.15) is 0 Å². The molecule has 0 aliphatic carbocycles. The molecule has 22 heavy (non-hydrogen) atoms. The summed E-state index contributed by atoms with van der Waals surface area (Å²) in [6.07, 6.45) is 14.6. The standard InChI is InChI=1S/C18H34N2O2/c1-2-3-16-22-20-17-12-10-8-6-4-5-7-9-11-13-18(21)19-15-14-17/h2-16H2,1H3,(H,19,21)/b20-17+. The molecule has 0 aromatic heterocycles. The minimum absolute atomic E-state index is 0.182. The van der Waals surface area contributed by atoms with E-state index in [0.29, 0.717) is 19.6 Å². The molecule has 0 spiro atoms. The lowest BCUT2D eigenvalue weighted by Crippen LogP contribution is -2.25. The molecule has 0 saturated carbocycles. The first kappa shape index (κ1) is 19.0. The first-order valence-corrected chi connectivity index (χ1v) is 9.27. The van der Waals surface area contributed by atoms with Crippen LogP contribution in [0.15, 0.2) is 5.16 Å². The van der Waals surface area contributed by atoms with Crippen LogP contribution in [0.5, 0.6) is 0 Å². The van der Waals surface area contributed by atoms with Crippen LogP contribution >= 0.6 is 0 Å². The Bertz CT molecular complexity index is 316. The molecule has 1 aliphatic rings. The third-order valence-electron chi connectivity index (χ3n) is 4.14. The molecule has 0 aromatic carbocycles. The Morgan fingerprint density at radius 3 is 2.27 bits per heavy atom. The zero-order valence-electron chi connectivity index (χ0n) is 14.4. The predicted molar refractivity (Wildman–Crippen MR) is 92.1 cm³/mol. The number of carbonyl (C=O) groups is 1. The molecule has 0 radical (unpaired) electrons. The fourth-order valence-corrected chi connectivity index (χ4v) is 2.67. The topological polar surface area (TPSA) is 50.7 Å². The maximum Gasteiger partial charge on any atom is 0.220 e. The van der Waals surface area contributed by atoms with Gasteiger partial charge in [-0.1, -0.05) is 57.0 Å². The summed E-state index contributed by atoms with van der Waals surface area (Å²) in [4.78, 5) is 17.1. The van der Waals surface area contributed by atoms with Crippen LogP contribution in [-0.2, 0) is 9.63 Å². The lowest BCUT2D eigenvalue weighted by molar-refractivity contribution is -0.121. The van der Waals surface area contributed by atoms with Gasteiger partial charge in [-0.3, -0.25) is 4.79 Å². The van der Waals surface area contributed by atoms with Crippen LogP contribution in [-0.4, -0.2) is 24.8 Å². The monoisotopic (exact) mass is 310 g/mol. The minimum atomic E-state index is 0.182. The molecule has 128 valence electrons. The normalized spacial score (nSPS) is 21.7. The van der Waals surface area contributed by atoms with Crippen molar-refractivity contribution < 1.29 is 9.63 Å². The van der Waals surface area contributed by atoms with Crippen molar-refractivity contribution in [1.29, 1.82) is 0 Å². The highest BCUT2D eigenvalue weighted by Crippen LogP contribution is 2.12. The number of amides is 1. The average molecular weight is 310 g/mol. The molecule has 1 N–H and O–H groups in total. The lowest BCUT2D eigenvalue weighted by Gasteiger charge is -2.08. The van der Waals surface area contributed by atoms with E-state index in [4.69, 9.17) is 4.84 Å². The molecule has 1 amide bonds. The van der Waals surface area contributed by atoms with Crippen molar-refractivity contribution in [1.82, 2.24) is 5.32 Å². The molecule has 1 saturated heterocycles. The summed E-state index contributed by atoms with van der Waals surface area (Å²) in [5.74, 6) is 0.182. The smallest absolute Gasteiger partial charge is 0.220 e. The Balaban J connectivity index is 2.39. The largest absolute Gasteiger partial charge is 0.396 e. The number of oxime groups is 1. The van der Waals surface area contributed by atoms with Crippen LogP contribution < -0.4 is 5.32 Å². The number of hydrogen-bond acceptors (Lipinski definition) is 3. The fourth-order valence-electron chi connectivity index (χ4n) is 2.67. The summed E-state index contributed by atoms with van der Waals surface area (Å²) in [6.45, 7) is 3.54. The van der Waals surface area contributed by atoms with Crippen LogP contribution in [0.4, 0.5) is 0 Å². The van der Waals surface area contributed by atoms with Gasteiger partial charge in [-0.05, 0) is 25.7 Å². The first-order valence-electron chi connectivity index (χ1n) is 9.27. The highest BCUT2D eigenvalue weighted by molar-refractivity contribution is 5.84.